The largest absolute Gasteiger partial charge is 0.330 e. The summed E-state index contributed by atoms with van der Waals surface area (Å²) in [5.41, 5.74) is -1.75. The van der Waals surface area contributed by atoms with Gasteiger partial charge >= 0.3 is 17.1 Å². The second-order valence-corrected chi connectivity index (χ2v) is 6.78. The van der Waals surface area contributed by atoms with E-state index >= 15 is 0 Å². The predicted octanol–water partition coefficient (Wildman–Crippen LogP) is 0.680. The predicted molar refractivity (Wildman–Crippen MR) is 81.6 cm³/mol. The lowest BCUT2D eigenvalue weighted by molar-refractivity contribution is 0.107. The molecule has 122 valence electrons. The maximum Gasteiger partial charge on any atom is 0.330 e. The van der Waals surface area contributed by atoms with Crippen LogP contribution in [0.1, 0.15) is 46.5 Å². The second-order valence-electron chi connectivity index (χ2n) is 6.78. The Kier molecular flexibility index (Phi) is 5.82. The highest BCUT2D eigenvalue weighted by Crippen LogP contribution is 2.45. The fourth-order valence-electron chi connectivity index (χ4n) is 3.09. The van der Waals surface area contributed by atoms with E-state index in [2.05, 4.69) is 25.8 Å². The molecule has 1 heterocycles. The number of hydrogen-bond donors (Lipinski definition) is 3. The van der Waals surface area contributed by atoms with E-state index in [0.29, 0.717) is 12.0 Å². The van der Waals surface area contributed by atoms with Crippen molar-refractivity contribution >= 4 is 6.08 Å². The maximum absolute atomic E-state index is 10.2. The van der Waals surface area contributed by atoms with Crippen LogP contribution >= 0.6 is 0 Å². The van der Waals surface area contributed by atoms with Gasteiger partial charge in [-0.1, -0.05) is 27.2 Å². The molecule has 1 saturated carbocycles. The summed E-state index contributed by atoms with van der Waals surface area (Å²) in [5.74, 6) is 0. The molecule has 22 heavy (non-hydrogen) atoms. The Bertz CT molecular complexity index is 630. The summed E-state index contributed by atoms with van der Waals surface area (Å²) >= 11 is 0. The molecule has 3 N–H and O–H groups in total. The summed E-state index contributed by atoms with van der Waals surface area (Å²) < 4.78 is 0. The first-order valence-electron chi connectivity index (χ1n) is 7.12. The minimum atomic E-state index is -0.802. The minimum absolute atomic E-state index is 0.235. The van der Waals surface area contributed by atoms with Crippen molar-refractivity contribution in [1.82, 2.24) is 15.0 Å². The van der Waals surface area contributed by atoms with Gasteiger partial charge in [0.1, 0.15) is 0 Å². The van der Waals surface area contributed by atoms with E-state index in [1.54, 1.807) is 21.0 Å². The summed E-state index contributed by atoms with van der Waals surface area (Å²) in [5, 5.41) is 0. The van der Waals surface area contributed by atoms with Gasteiger partial charge in [-0.25, -0.2) is 24.2 Å². The van der Waals surface area contributed by atoms with Gasteiger partial charge in [-0.2, -0.15) is 0 Å². The van der Waals surface area contributed by atoms with Gasteiger partial charge in [0.25, 0.3) is 0 Å². The zero-order chi connectivity index (χ0) is 16.8. The third kappa shape index (κ3) is 6.05. The van der Waals surface area contributed by atoms with E-state index in [0.717, 1.165) is 0 Å². The van der Waals surface area contributed by atoms with Crippen molar-refractivity contribution < 1.29 is 4.79 Å². The van der Waals surface area contributed by atoms with Gasteiger partial charge in [-0.3, -0.25) is 15.0 Å². The van der Waals surface area contributed by atoms with Crippen LogP contribution in [0.5, 0.6) is 0 Å². The van der Waals surface area contributed by atoms with Crippen molar-refractivity contribution in [2.45, 2.75) is 46.5 Å². The Labute approximate surface area is 127 Å². The van der Waals surface area contributed by atoms with Crippen molar-refractivity contribution in [3.63, 3.8) is 0 Å². The van der Waals surface area contributed by atoms with E-state index in [1.807, 2.05) is 0 Å². The Morgan fingerprint density at radius 2 is 1.50 bits per heavy atom. The molecule has 1 aromatic heterocycles. The molecule has 1 aliphatic carbocycles. The van der Waals surface area contributed by atoms with E-state index in [9.17, 15) is 19.2 Å². The number of H-pyrrole nitrogens is 3. The van der Waals surface area contributed by atoms with Gasteiger partial charge in [0.2, 0.25) is 6.08 Å². The summed E-state index contributed by atoms with van der Waals surface area (Å²) in [6.45, 7) is 7.48. The third-order valence-electron chi connectivity index (χ3n) is 3.75. The summed E-state index contributed by atoms with van der Waals surface area (Å²) in [4.78, 5) is 49.7. The van der Waals surface area contributed by atoms with Crippen LogP contribution in [-0.4, -0.2) is 27.6 Å². The summed E-state index contributed by atoms with van der Waals surface area (Å²) in [7, 11) is 0. The normalized spacial score (nSPS) is 22.9. The lowest BCUT2D eigenvalue weighted by atomic mass is 9.64. The van der Waals surface area contributed by atoms with Crippen molar-refractivity contribution in [2.24, 2.45) is 15.8 Å². The first kappa shape index (κ1) is 17.8. The molecule has 2 rings (SSSR count). The monoisotopic (exact) mass is 310 g/mol. The highest BCUT2D eigenvalue weighted by Gasteiger charge is 2.36. The number of aliphatic imine (C=N–C) groups is 1. The third-order valence-corrected chi connectivity index (χ3v) is 3.75. The Morgan fingerprint density at radius 1 is 1.00 bits per heavy atom. The van der Waals surface area contributed by atoms with Gasteiger partial charge in [0.15, 0.2) is 0 Å². The number of rotatable bonds is 2. The fourth-order valence-corrected chi connectivity index (χ4v) is 3.09. The quantitative estimate of drug-likeness (QED) is 0.548. The molecule has 1 unspecified atom stereocenters. The fraction of sp³-hybridized carbons (Fsp3) is 0.714. The average molecular weight is 310 g/mol. The van der Waals surface area contributed by atoms with Crippen LogP contribution in [0.15, 0.2) is 19.4 Å². The molecule has 1 fully saturated rings. The van der Waals surface area contributed by atoms with Crippen molar-refractivity contribution in [3.8, 4) is 0 Å². The van der Waals surface area contributed by atoms with Gasteiger partial charge in [0.05, 0.1) is 6.54 Å². The Balaban J connectivity index is 0.000000235. The minimum Gasteiger partial charge on any atom is -0.259 e. The number of aromatic amines is 3. The maximum atomic E-state index is 10.2. The molecule has 1 aromatic rings. The van der Waals surface area contributed by atoms with Gasteiger partial charge in [0, 0.05) is 0 Å². The van der Waals surface area contributed by atoms with Crippen LogP contribution in [0.4, 0.5) is 0 Å². The number of carbonyl (C=O) groups excluding carboxylic acids is 1. The molecule has 0 aliphatic heterocycles. The molecular formula is C14H22N4O4. The molecule has 1 aliphatic rings. The van der Waals surface area contributed by atoms with Crippen LogP contribution in [-0.2, 0) is 4.79 Å². The van der Waals surface area contributed by atoms with Crippen LogP contribution in [0.2, 0.25) is 0 Å². The second kappa shape index (κ2) is 7.17. The molecule has 0 amide bonds. The first-order chi connectivity index (χ1) is 10.2. The number of nitrogens with one attached hydrogen (secondary N) is 3. The highest BCUT2D eigenvalue weighted by atomic mass is 16.2. The Hall–Kier alpha value is -2.21. The van der Waals surface area contributed by atoms with Crippen LogP contribution in [0.25, 0.3) is 0 Å². The number of aromatic nitrogens is 3. The zero-order valence-electron chi connectivity index (χ0n) is 13.1. The summed E-state index contributed by atoms with van der Waals surface area (Å²) in [6.07, 6.45) is 6.57. The van der Waals surface area contributed by atoms with Crippen LogP contribution < -0.4 is 17.1 Å². The Morgan fingerprint density at radius 3 is 1.91 bits per heavy atom. The zero-order valence-corrected chi connectivity index (χ0v) is 13.1. The first-order valence-corrected chi connectivity index (χ1v) is 7.12. The molecule has 0 saturated heterocycles. The molecule has 0 spiro atoms. The molecule has 0 radical (unpaired) electrons. The van der Waals surface area contributed by atoms with Crippen LogP contribution in [0.3, 0.4) is 0 Å². The van der Waals surface area contributed by atoms with E-state index < -0.39 is 17.1 Å². The van der Waals surface area contributed by atoms with Crippen molar-refractivity contribution in [3.05, 3.63) is 31.5 Å². The van der Waals surface area contributed by atoms with E-state index in [-0.39, 0.29) is 5.41 Å². The van der Waals surface area contributed by atoms with E-state index in [1.165, 1.54) is 25.7 Å². The number of nitrogens with zero attached hydrogens (tertiary/aromatic N) is 1. The van der Waals surface area contributed by atoms with Crippen molar-refractivity contribution in [2.75, 3.05) is 6.54 Å². The van der Waals surface area contributed by atoms with Gasteiger partial charge in [-0.15, -0.1) is 0 Å². The topological polar surface area (TPSA) is 128 Å². The molecule has 8 nitrogen and oxygen atoms in total. The van der Waals surface area contributed by atoms with Gasteiger partial charge < -0.3 is 0 Å². The average Bonchev–Trinajstić information content (AvgIpc) is 2.34. The smallest absolute Gasteiger partial charge is 0.259 e. The molecule has 8 heteroatoms. The number of hydrogen-bond acceptors (Lipinski definition) is 5. The summed E-state index contributed by atoms with van der Waals surface area (Å²) in [6, 6.07) is 0. The molecule has 1 atom stereocenters. The lowest BCUT2D eigenvalue weighted by Gasteiger charge is -2.41. The number of isocyanates is 1. The standard InChI is InChI=1S/C11H19NO.C3H3N3O3/c1-10(2)5-4-6-11(3,7-10)8-12-9-13;7-1-4-2(8)6-3(9)5-1/h4-8H2,1-3H3;(H3,4,5,6,7,8,9). The van der Waals surface area contributed by atoms with Gasteiger partial charge in [-0.05, 0) is 30.1 Å². The lowest BCUT2D eigenvalue weighted by Crippen LogP contribution is -2.34. The molecule has 0 bridgehead atoms. The van der Waals surface area contributed by atoms with Crippen molar-refractivity contribution in [1.29, 1.82) is 0 Å². The molecule has 0 aromatic carbocycles. The molecular weight excluding hydrogens is 288 g/mol. The highest BCUT2D eigenvalue weighted by molar-refractivity contribution is 5.33. The van der Waals surface area contributed by atoms with E-state index in [4.69, 9.17) is 0 Å². The van der Waals surface area contributed by atoms with Crippen LogP contribution in [0, 0.1) is 10.8 Å². The SMILES string of the molecule is CC1(C)CCCC(C)(CN=C=O)C1.O=c1[nH]c(=O)[nH]c(=O)[nH]1.